The van der Waals surface area contributed by atoms with Crippen molar-refractivity contribution in [2.24, 2.45) is 40.4 Å². The second-order valence-electron chi connectivity index (χ2n) is 11.8. The van der Waals surface area contributed by atoms with Crippen LogP contribution in [0.15, 0.2) is 23.3 Å². The summed E-state index contributed by atoms with van der Waals surface area (Å²) in [5.74, 6) is 4.31. The summed E-state index contributed by atoms with van der Waals surface area (Å²) in [6.45, 7) is 12.6. The lowest BCUT2D eigenvalue weighted by Gasteiger charge is -2.55. The van der Waals surface area contributed by atoms with E-state index in [1.54, 1.807) is 5.57 Å². The predicted octanol–water partition coefficient (Wildman–Crippen LogP) is 8.56. The van der Waals surface area contributed by atoms with Gasteiger partial charge < -0.3 is 0 Å². The Hall–Kier alpha value is -0.230. The molecule has 0 spiro atoms. The van der Waals surface area contributed by atoms with Gasteiger partial charge in [0.05, 0.1) is 0 Å². The monoisotopic (exact) mass is 402 g/mol. The average Bonchev–Trinajstić information content (AvgIpc) is 2.99. The number of hydrogen-bond acceptors (Lipinski definition) is 0. The molecule has 3 saturated carbocycles. The molecular formula is C27H43Cl. The van der Waals surface area contributed by atoms with Gasteiger partial charge in [-0.1, -0.05) is 77.2 Å². The Kier molecular flexibility index (Phi) is 5.85. The summed E-state index contributed by atoms with van der Waals surface area (Å²) in [7, 11) is 0. The summed E-state index contributed by atoms with van der Waals surface area (Å²) < 4.78 is 0. The molecule has 28 heavy (non-hydrogen) atoms. The lowest BCUT2D eigenvalue weighted by molar-refractivity contribution is 0.0479. The molecule has 0 aliphatic heterocycles. The van der Waals surface area contributed by atoms with Crippen molar-refractivity contribution in [1.29, 1.82) is 0 Å². The molecule has 158 valence electrons. The minimum Gasteiger partial charge on any atom is -0.123 e. The van der Waals surface area contributed by atoms with E-state index in [-0.39, 0.29) is 0 Å². The van der Waals surface area contributed by atoms with Crippen LogP contribution in [0.5, 0.6) is 0 Å². The zero-order chi connectivity index (χ0) is 20.1. The highest BCUT2D eigenvalue weighted by Crippen LogP contribution is 2.66. The molecule has 7 atom stereocenters. The molecule has 1 heteroatoms. The quantitative estimate of drug-likeness (QED) is 0.404. The Morgan fingerprint density at radius 3 is 2.50 bits per heavy atom. The van der Waals surface area contributed by atoms with Crippen molar-refractivity contribution in [2.75, 3.05) is 0 Å². The maximum Gasteiger partial charge on any atom is 0.0373 e. The first kappa shape index (κ1) is 21.0. The van der Waals surface area contributed by atoms with Crippen LogP contribution >= 0.6 is 11.6 Å². The minimum atomic E-state index is 0.366. The van der Waals surface area contributed by atoms with Crippen molar-refractivity contribution in [3.8, 4) is 0 Å². The summed E-state index contributed by atoms with van der Waals surface area (Å²) in [5, 5.41) is 0.366. The molecule has 0 aromatic heterocycles. The Balaban J connectivity index is 1.53. The lowest BCUT2D eigenvalue weighted by atomic mass is 9.50. The van der Waals surface area contributed by atoms with Gasteiger partial charge in [-0.25, -0.2) is 0 Å². The van der Waals surface area contributed by atoms with E-state index in [0.29, 0.717) is 16.2 Å². The predicted molar refractivity (Wildman–Crippen MR) is 123 cm³/mol. The summed E-state index contributed by atoms with van der Waals surface area (Å²) in [6, 6.07) is 0. The third-order valence-corrected chi connectivity index (χ3v) is 10.1. The minimum absolute atomic E-state index is 0.366. The molecule has 0 saturated heterocycles. The van der Waals surface area contributed by atoms with Gasteiger partial charge in [0, 0.05) is 5.38 Å². The van der Waals surface area contributed by atoms with Crippen LogP contribution in [-0.4, -0.2) is 5.38 Å². The van der Waals surface area contributed by atoms with E-state index in [1.165, 1.54) is 57.8 Å². The maximum absolute atomic E-state index is 6.54. The maximum atomic E-state index is 6.54. The van der Waals surface area contributed by atoms with E-state index in [9.17, 15) is 0 Å². The van der Waals surface area contributed by atoms with Crippen molar-refractivity contribution in [1.82, 2.24) is 0 Å². The van der Waals surface area contributed by atoms with Crippen LogP contribution in [0.4, 0.5) is 0 Å². The molecule has 0 bridgehead atoms. The second kappa shape index (κ2) is 7.79. The topological polar surface area (TPSA) is 0 Å². The fourth-order valence-electron chi connectivity index (χ4n) is 7.98. The molecule has 0 nitrogen and oxygen atoms in total. The highest BCUT2D eigenvalue weighted by atomic mass is 35.5. The van der Waals surface area contributed by atoms with Gasteiger partial charge in [0.2, 0.25) is 0 Å². The Bertz CT molecular complexity index is 643. The second-order valence-corrected chi connectivity index (χ2v) is 12.4. The Morgan fingerprint density at radius 2 is 1.75 bits per heavy atom. The normalized spacial score (nSPS) is 43.7. The van der Waals surface area contributed by atoms with Gasteiger partial charge in [-0.15, -0.1) is 11.6 Å². The number of hydrogen-bond donors (Lipinski definition) is 0. The molecule has 3 fully saturated rings. The molecular weight excluding hydrogens is 360 g/mol. The highest BCUT2D eigenvalue weighted by molar-refractivity contribution is 6.20. The molecule has 0 radical (unpaired) electrons. The van der Waals surface area contributed by atoms with Crippen molar-refractivity contribution in [2.45, 2.75) is 104 Å². The number of halogens is 1. The van der Waals surface area contributed by atoms with Gasteiger partial charge in [0.1, 0.15) is 0 Å². The number of fused-ring (bicyclic) bond motifs is 5. The van der Waals surface area contributed by atoms with E-state index in [0.717, 1.165) is 36.0 Å². The Morgan fingerprint density at radius 1 is 0.964 bits per heavy atom. The highest BCUT2D eigenvalue weighted by Gasteiger charge is 2.56. The third kappa shape index (κ3) is 3.44. The third-order valence-electron chi connectivity index (χ3n) is 9.71. The van der Waals surface area contributed by atoms with E-state index >= 15 is 0 Å². The fraction of sp³-hybridized carbons (Fsp3) is 0.852. The van der Waals surface area contributed by atoms with Crippen molar-refractivity contribution < 1.29 is 0 Å². The van der Waals surface area contributed by atoms with Gasteiger partial charge in [-0.3, -0.25) is 0 Å². The lowest BCUT2D eigenvalue weighted by Crippen LogP contribution is -2.46. The van der Waals surface area contributed by atoms with Crippen LogP contribution in [0.2, 0.25) is 0 Å². The summed E-state index contributed by atoms with van der Waals surface area (Å²) in [4.78, 5) is 0. The zero-order valence-corrected chi connectivity index (χ0v) is 19.8. The molecule has 0 amide bonds. The standard InChI is InChI=1S/C27H43Cl/c1-18(2)7-6-8-19(3)23-11-12-24-22-10-9-20-17-21(28)13-15-26(20,4)25(22)14-16-27(23,24)5/h9-10,18-19,21,23-25H,6-8,11-17H2,1-5H3. The summed E-state index contributed by atoms with van der Waals surface area (Å²) in [6.07, 6.45) is 18.7. The van der Waals surface area contributed by atoms with E-state index in [4.69, 9.17) is 11.6 Å². The van der Waals surface area contributed by atoms with Crippen LogP contribution in [0.3, 0.4) is 0 Å². The van der Waals surface area contributed by atoms with Gasteiger partial charge >= 0.3 is 0 Å². The van der Waals surface area contributed by atoms with Gasteiger partial charge in [0.15, 0.2) is 0 Å². The van der Waals surface area contributed by atoms with Crippen LogP contribution in [0.1, 0.15) is 98.8 Å². The van der Waals surface area contributed by atoms with Crippen molar-refractivity contribution in [3.63, 3.8) is 0 Å². The molecule has 0 aromatic carbocycles. The van der Waals surface area contributed by atoms with Gasteiger partial charge in [-0.2, -0.15) is 0 Å². The zero-order valence-electron chi connectivity index (χ0n) is 19.1. The molecule has 0 aromatic rings. The van der Waals surface area contributed by atoms with Crippen molar-refractivity contribution >= 4 is 11.6 Å². The van der Waals surface area contributed by atoms with Crippen LogP contribution in [0, 0.1) is 40.4 Å². The van der Waals surface area contributed by atoms with E-state index < -0.39 is 0 Å². The number of rotatable bonds is 5. The van der Waals surface area contributed by atoms with E-state index in [2.05, 4.69) is 46.8 Å². The van der Waals surface area contributed by atoms with Crippen LogP contribution in [0.25, 0.3) is 0 Å². The van der Waals surface area contributed by atoms with Crippen molar-refractivity contribution in [3.05, 3.63) is 23.3 Å². The first-order valence-electron chi connectivity index (χ1n) is 12.3. The van der Waals surface area contributed by atoms with Gasteiger partial charge in [0.25, 0.3) is 0 Å². The number of alkyl halides is 1. The smallest absolute Gasteiger partial charge is 0.0373 e. The average molecular weight is 403 g/mol. The van der Waals surface area contributed by atoms with Crippen LogP contribution < -0.4 is 0 Å². The summed E-state index contributed by atoms with van der Waals surface area (Å²) in [5.41, 5.74) is 4.44. The molecule has 4 aliphatic rings. The molecule has 0 N–H and O–H groups in total. The first-order chi connectivity index (χ1) is 13.3. The molecule has 4 aliphatic carbocycles. The first-order valence-corrected chi connectivity index (χ1v) is 12.7. The molecule has 0 heterocycles. The largest absolute Gasteiger partial charge is 0.123 e. The SMILES string of the molecule is CC(C)CCCC(C)C1CCC2C3=CC=C4CC(Cl)CCC4(C)C3CCC21C. The van der Waals surface area contributed by atoms with Crippen LogP contribution in [-0.2, 0) is 0 Å². The van der Waals surface area contributed by atoms with E-state index in [1.807, 2.05) is 5.57 Å². The van der Waals surface area contributed by atoms with Gasteiger partial charge in [-0.05, 0) is 85.4 Å². The molecule has 7 unspecified atom stereocenters. The Labute approximate surface area is 179 Å². The number of allylic oxidation sites excluding steroid dienone is 4. The molecule has 4 rings (SSSR count). The fourth-order valence-corrected chi connectivity index (χ4v) is 8.26. The summed E-state index contributed by atoms with van der Waals surface area (Å²) >= 11 is 6.54.